The summed E-state index contributed by atoms with van der Waals surface area (Å²) in [5.41, 5.74) is 11.4. The van der Waals surface area contributed by atoms with Crippen molar-refractivity contribution in [3.8, 4) is 22.6 Å². The van der Waals surface area contributed by atoms with Crippen LogP contribution in [0.4, 0.5) is 0 Å². The van der Waals surface area contributed by atoms with Gasteiger partial charge in [-0.2, -0.15) is 5.10 Å². The monoisotopic (exact) mass is 512 g/mol. The van der Waals surface area contributed by atoms with Gasteiger partial charge in [0.05, 0.1) is 22.6 Å². The summed E-state index contributed by atoms with van der Waals surface area (Å²) in [5.74, 6) is 0.545. The highest BCUT2D eigenvalue weighted by molar-refractivity contribution is 5.99. The van der Waals surface area contributed by atoms with Crippen LogP contribution in [0.3, 0.4) is 0 Å². The van der Waals surface area contributed by atoms with Crippen LogP contribution in [-0.2, 0) is 0 Å². The number of hydrogen-bond donors (Lipinski definition) is 3. The standard InChI is InChI=1S/C33H32N6/c1-5-22(18-25(6-2)35-21(4)23-10-8-11-23)27-13-14-29-32(37-27)33(39-38-29)30-19-26-28(36-30)15-16-34-31(26)24-12-7-9-20(3)17-24/h5-7,9,12-19,23,35-36H,2,4,8,10-11H2,1,3H3,(H,38,39)/b22-5+,25-18+. The Labute approximate surface area is 228 Å². The fourth-order valence-corrected chi connectivity index (χ4v) is 5.11. The predicted octanol–water partition coefficient (Wildman–Crippen LogP) is 7.85. The van der Waals surface area contributed by atoms with Crippen molar-refractivity contribution in [3.05, 3.63) is 109 Å². The van der Waals surface area contributed by atoms with Crippen molar-refractivity contribution >= 4 is 27.5 Å². The highest BCUT2D eigenvalue weighted by atomic mass is 15.1. The summed E-state index contributed by atoms with van der Waals surface area (Å²) in [6, 6.07) is 16.6. The lowest BCUT2D eigenvalue weighted by Crippen LogP contribution is -2.23. The Morgan fingerprint density at radius 1 is 1.08 bits per heavy atom. The number of aromatic nitrogens is 5. The first-order valence-electron chi connectivity index (χ1n) is 13.4. The van der Waals surface area contributed by atoms with E-state index in [0.29, 0.717) is 5.92 Å². The molecule has 1 fully saturated rings. The third kappa shape index (κ3) is 4.70. The van der Waals surface area contributed by atoms with Crippen LogP contribution >= 0.6 is 0 Å². The highest BCUT2D eigenvalue weighted by Crippen LogP contribution is 2.34. The van der Waals surface area contributed by atoms with Gasteiger partial charge >= 0.3 is 0 Å². The Kier molecular flexibility index (Phi) is 6.45. The van der Waals surface area contributed by atoms with E-state index in [1.54, 1.807) is 0 Å². The number of allylic oxidation sites excluding steroid dienone is 5. The Hall–Kier alpha value is -4.71. The molecular weight excluding hydrogens is 480 g/mol. The molecule has 0 saturated heterocycles. The molecule has 194 valence electrons. The fraction of sp³-hybridized carbons (Fsp3) is 0.182. The summed E-state index contributed by atoms with van der Waals surface area (Å²) in [7, 11) is 0. The van der Waals surface area contributed by atoms with Crippen LogP contribution in [0.1, 0.15) is 37.4 Å². The van der Waals surface area contributed by atoms with E-state index in [-0.39, 0.29) is 0 Å². The number of hydrogen-bond acceptors (Lipinski definition) is 4. The zero-order chi connectivity index (χ0) is 26.9. The quantitative estimate of drug-likeness (QED) is 0.185. The molecule has 0 bridgehead atoms. The van der Waals surface area contributed by atoms with E-state index in [1.807, 2.05) is 37.4 Å². The molecule has 4 heterocycles. The molecular formula is C33H32N6. The van der Waals surface area contributed by atoms with Gasteiger partial charge in [-0.05, 0) is 80.7 Å². The lowest BCUT2D eigenvalue weighted by molar-refractivity contribution is 0.356. The molecule has 6 rings (SSSR count). The number of pyridine rings is 2. The molecule has 5 aromatic rings. The lowest BCUT2D eigenvalue weighted by atomic mass is 9.83. The lowest BCUT2D eigenvalue weighted by Gasteiger charge is -2.28. The van der Waals surface area contributed by atoms with E-state index in [4.69, 9.17) is 9.97 Å². The van der Waals surface area contributed by atoms with Crippen molar-refractivity contribution in [2.24, 2.45) is 5.92 Å². The van der Waals surface area contributed by atoms with Crippen molar-refractivity contribution < 1.29 is 0 Å². The highest BCUT2D eigenvalue weighted by Gasteiger charge is 2.21. The van der Waals surface area contributed by atoms with E-state index in [2.05, 4.69) is 83.1 Å². The molecule has 6 nitrogen and oxygen atoms in total. The second-order valence-corrected chi connectivity index (χ2v) is 10.2. The van der Waals surface area contributed by atoms with E-state index < -0.39 is 0 Å². The molecule has 0 spiro atoms. The molecule has 0 unspecified atom stereocenters. The SMILES string of the molecule is C=C/C(=C\C(=C/C)c1ccc2[nH]nc(-c3cc4c(-c5cccc(C)c5)nccc4[nH]3)c2n1)NC(=C)C1CCC1. The van der Waals surface area contributed by atoms with Crippen molar-refractivity contribution in [2.75, 3.05) is 0 Å². The minimum absolute atomic E-state index is 0.545. The molecule has 39 heavy (non-hydrogen) atoms. The summed E-state index contributed by atoms with van der Waals surface area (Å²) >= 11 is 0. The van der Waals surface area contributed by atoms with Crippen LogP contribution in [0.15, 0.2) is 97.5 Å². The van der Waals surface area contributed by atoms with Gasteiger partial charge in [0.2, 0.25) is 0 Å². The normalized spacial score (nSPS) is 14.5. The number of aryl methyl sites for hydroxylation is 1. The number of rotatable bonds is 8. The minimum atomic E-state index is 0.545. The van der Waals surface area contributed by atoms with Gasteiger partial charge in [-0.1, -0.05) is 49.4 Å². The Morgan fingerprint density at radius 2 is 1.95 bits per heavy atom. The third-order valence-corrected chi connectivity index (χ3v) is 7.54. The molecule has 1 aromatic carbocycles. The van der Waals surface area contributed by atoms with E-state index >= 15 is 0 Å². The maximum atomic E-state index is 5.05. The number of nitrogens with zero attached hydrogens (tertiary/aromatic N) is 3. The number of nitrogens with one attached hydrogen (secondary N) is 3. The third-order valence-electron chi connectivity index (χ3n) is 7.54. The smallest absolute Gasteiger partial charge is 0.135 e. The van der Waals surface area contributed by atoms with Crippen molar-refractivity contribution in [1.29, 1.82) is 0 Å². The van der Waals surface area contributed by atoms with Crippen LogP contribution in [0, 0.1) is 12.8 Å². The number of fused-ring (bicyclic) bond motifs is 2. The summed E-state index contributed by atoms with van der Waals surface area (Å²) in [4.78, 5) is 13.3. The van der Waals surface area contributed by atoms with Crippen LogP contribution in [0.5, 0.6) is 0 Å². The largest absolute Gasteiger partial charge is 0.359 e. The topological polar surface area (TPSA) is 82.3 Å². The fourth-order valence-electron chi connectivity index (χ4n) is 5.11. The van der Waals surface area contributed by atoms with Crippen LogP contribution in [0.25, 0.3) is 50.2 Å². The second-order valence-electron chi connectivity index (χ2n) is 10.2. The van der Waals surface area contributed by atoms with Crippen molar-refractivity contribution in [2.45, 2.75) is 33.1 Å². The molecule has 3 N–H and O–H groups in total. The number of H-pyrrole nitrogens is 2. The van der Waals surface area contributed by atoms with Gasteiger partial charge in [0.25, 0.3) is 0 Å². The second kappa shape index (κ2) is 10.2. The van der Waals surface area contributed by atoms with Gasteiger partial charge in [-0.3, -0.25) is 10.1 Å². The van der Waals surface area contributed by atoms with Gasteiger partial charge < -0.3 is 10.3 Å². The summed E-state index contributed by atoms with van der Waals surface area (Å²) in [6.45, 7) is 12.4. The molecule has 0 atom stereocenters. The minimum Gasteiger partial charge on any atom is -0.359 e. The van der Waals surface area contributed by atoms with Gasteiger partial charge in [-0.15, -0.1) is 0 Å². The van der Waals surface area contributed by atoms with Gasteiger partial charge in [0.15, 0.2) is 0 Å². The molecule has 0 aliphatic heterocycles. The van der Waals surface area contributed by atoms with Crippen molar-refractivity contribution in [3.63, 3.8) is 0 Å². The number of aromatic amines is 2. The average molecular weight is 513 g/mol. The van der Waals surface area contributed by atoms with Gasteiger partial charge in [0.1, 0.15) is 11.2 Å². The number of benzene rings is 1. The molecule has 1 aliphatic rings. The first kappa shape index (κ1) is 24.6. The Bertz CT molecular complexity index is 1780. The Morgan fingerprint density at radius 3 is 2.69 bits per heavy atom. The first-order valence-corrected chi connectivity index (χ1v) is 13.4. The predicted molar refractivity (Wildman–Crippen MR) is 161 cm³/mol. The van der Waals surface area contributed by atoms with Gasteiger partial charge in [-0.25, -0.2) is 4.98 Å². The van der Waals surface area contributed by atoms with Crippen LogP contribution in [0.2, 0.25) is 0 Å². The summed E-state index contributed by atoms with van der Waals surface area (Å²) < 4.78 is 0. The maximum absolute atomic E-state index is 5.05. The maximum Gasteiger partial charge on any atom is 0.135 e. The van der Waals surface area contributed by atoms with E-state index in [0.717, 1.165) is 67.2 Å². The average Bonchev–Trinajstić information content (AvgIpc) is 3.53. The van der Waals surface area contributed by atoms with Crippen LogP contribution < -0.4 is 5.32 Å². The first-order chi connectivity index (χ1) is 19.0. The molecule has 4 aromatic heterocycles. The van der Waals surface area contributed by atoms with Crippen LogP contribution in [-0.4, -0.2) is 25.1 Å². The molecule has 0 amide bonds. The molecule has 6 heteroatoms. The summed E-state index contributed by atoms with van der Waals surface area (Å²) in [6.07, 6.45) is 11.5. The Balaban J connectivity index is 1.37. The zero-order valence-electron chi connectivity index (χ0n) is 22.4. The zero-order valence-corrected chi connectivity index (χ0v) is 22.4. The van der Waals surface area contributed by atoms with Crippen molar-refractivity contribution in [1.82, 2.24) is 30.5 Å². The molecule has 1 aliphatic carbocycles. The molecule has 1 saturated carbocycles. The van der Waals surface area contributed by atoms with Gasteiger partial charge in [0, 0.05) is 34.1 Å². The summed E-state index contributed by atoms with van der Waals surface area (Å²) in [5, 5.41) is 12.3. The van der Waals surface area contributed by atoms with E-state index in [1.165, 1.54) is 24.8 Å². The van der Waals surface area contributed by atoms with E-state index in [9.17, 15) is 0 Å². The molecule has 0 radical (unpaired) electrons.